The number of thiocarbonyl (C=S) groups is 1. The molecule has 64 valence electrons. The van der Waals surface area contributed by atoms with Crippen molar-refractivity contribution in [3.05, 3.63) is 29.6 Å². The molecule has 0 radical (unpaired) electrons. The molecule has 1 nitrogen and oxygen atoms in total. The van der Waals surface area contributed by atoms with Crippen LogP contribution < -0.4 is 5.32 Å². The van der Waals surface area contributed by atoms with Gasteiger partial charge in [0.1, 0.15) is 0 Å². The van der Waals surface area contributed by atoms with Gasteiger partial charge in [0.2, 0.25) is 0 Å². The van der Waals surface area contributed by atoms with E-state index in [-0.39, 0.29) is 5.69 Å². The molecule has 1 N–H and O–H groups in total. The van der Waals surface area contributed by atoms with Gasteiger partial charge in [-0.05, 0) is 12.1 Å². The average molecular weight is 191 g/mol. The Hall–Kier alpha value is -1.10. The fourth-order valence-corrected chi connectivity index (χ4v) is 0.828. The molecule has 0 saturated heterocycles. The Labute approximate surface area is 72.2 Å². The predicted molar refractivity (Wildman–Crippen MR) is 43.6 cm³/mol. The van der Waals surface area contributed by atoms with Crippen LogP contribution in [0.3, 0.4) is 0 Å². The first-order valence-electron chi connectivity index (χ1n) is 3.00. The summed E-state index contributed by atoms with van der Waals surface area (Å²) in [4.78, 5) is 0. The van der Waals surface area contributed by atoms with Crippen molar-refractivity contribution >= 4 is 23.4 Å². The third-order valence-electron chi connectivity index (χ3n) is 1.25. The Morgan fingerprint density at radius 3 is 2.42 bits per heavy atom. The quantitative estimate of drug-likeness (QED) is 0.569. The fraction of sp³-hybridized carbons (Fsp3) is 0. The first kappa shape index (κ1) is 8.99. The van der Waals surface area contributed by atoms with E-state index in [0.717, 1.165) is 17.6 Å². The van der Waals surface area contributed by atoms with E-state index in [1.807, 2.05) is 0 Å². The number of benzene rings is 1. The first-order valence-corrected chi connectivity index (χ1v) is 3.47. The van der Waals surface area contributed by atoms with Gasteiger partial charge in [-0.25, -0.2) is 13.2 Å². The summed E-state index contributed by atoms with van der Waals surface area (Å²) < 4.78 is 37.5. The monoisotopic (exact) mass is 191 g/mol. The second-order valence-corrected chi connectivity index (χ2v) is 2.22. The van der Waals surface area contributed by atoms with Crippen LogP contribution in [0.4, 0.5) is 18.9 Å². The van der Waals surface area contributed by atoms with Crippen molar-refractivity contribution in [1.29, 1.82) is 0 Å². The van der Waals surface area contributed by atoms with Gasteiger partial charge in [0.15, 0.2) is 17.5 Å². The van der Waals surface area contributed by atoms with Crippen LogP contribution in [0, 0.1) is 17.5 Å². The number of rotatable bonds is 2. The van der Waals surface area contributed by atoms with Crippen molar-refractivity contribution < 1.29 is 13.2 Å². The highest BCUT2D eigenvalue weighted by Gasteiger charge is 2.11. The minimum Gasteiger partial charge on any atom is -0.350 e. The second kappa shape index (κ2) is 3.53. The van der Waals surface area contributed by atoms with Crippen LogP contribution in [-0.4, -0.2) is 5.49 Å². The molecule has 0 aromatic heterocycles. The minimum absolute atomic E-state index is 0.177. The minimum atomic E-state index is -1.50. The highest BCUT2D eigenvalue weighted by atomic mass is 32.1. The first-order chi connectivity index (χ1) is 5.66. The van der Waals surface area contributed by atoms with Crippen LogP contribution in [0.1, 0.15) is 0 Å². The summed E-state index contributed by atoms with van der Waals surface area (Å²) >= 11 is 4.35. The summed E-state index contributed by atoms with van der Waals surface area (Å²) in [5.41, 5.74) is 0.833. The number of halogens is 3. The van der Waals surface area contributed by atoms with E-state index in [9.17, 15) is 13.2 Å². The molecule has 5 heteroatoms. The third-order valence-corrected chi connectivity index (χ3v) is 1.37. The fourth-order valence-electron chi connectivity index (χ4n) is 0.701. The molecule has 0 saturated carbocycles. The Balaban J connectivity index is 3.16. The van der Waals surface area contributed by atoms with E-state index in [0.29, 0.717) is 0 Å². The zero-order valence-corrected chi connectivity index (χ0v) is 6.59. The van der Waals surface area contributed by atoms with E-state index >= 15 is 0 Å². The molecule has 0 aliphatic heterocycles. The molecule has 12 heavy (non-hydrogen) atoms. The smallest absolute Gasteiger partial charge is 0.196 e. The molecule has 0 spiro atoms. The summed E-state index contributed by atoms with van der Waals surface area (Å²) in [6.07, 6.45) is 0. The molecule has 0 amide bonds. The lowest BCUT2D eigenvalue weighted by Gasteiger charge is -2.02. The predicted octanol–water partition coefficient (Wildman–Crippen LogP) is 2.47. The van der Waals surface area contributed by atoms with Crippen LogP contribution in [0.15, 0.2) is 12.1 Å². The highest BCUT2D eigenvalue weighted by molar-refractivity contribution is 7.79. The molecule has 1 aromatic carbocycles. The number of hydrogen-bond donors (Lipinski definition) is 1. The molecule has 1 aromatic rings. The van der Waals surface area contributed by atoms with E-state index in [1.165, 1.54) is 0 Å². The summed E-state index contributed by atoms with van der Waals surface area (Å²) in [6.45, 7) is 0. The Kier molecular flexibility index (Phi) is 2.65. The normalized spacial score (nSPS) is 9.58. The van der Waals surface area contributed by atoms with E-state index in [1.54, 1.807) is 0 Å². The van der Waals surface area contributed by atoms with Crippen LogP contribution in [0.5, 0.6) is 0 Å². The average Bonchev–Trinajstić information content (AvgIpc) is 2.07. The van der Waals surface area contributed by atoms with Gasteiger partial charge in [-0.3, -0.25) is 0 Å². The second-order valence-electron chi connectivity index (χ2n) is 1.99. The van der Waals surface area contributed by atoms with Crippen LogP contribution in [-0.2, 0) is 0 Å². The molecule has 0 bridgehead atoms. The van der Waals surface area contributed by atoms with Crippen LogP contribution in [0.2, 0.25) is 0 Å². The number of nitrogens with one attached hydrogen (secondary N) is 1. The van der Waals surface area contributed by atoms with E-state index in [4.69, 9.17) is 0 Å². The molecule has 0 aliphatic carbocycles. The summed E-state index contributed by atoms with van der Waals surface area (Å²) in [7, 11) is 0. The number of anilines is 1. The van der Waals surface area contributed by atoms with Crippen molar-refractivity contribution in [2.24, 2.45) is 0 Å². The topological polar surface area (TPSA) is 12.0 Å². The van der Waals surface area contributed by atoms with Gasteiger partial charge in [-0.2, -0.15) is 0 Å². The van der Waals surface area contributed by atoms with Crippen molar-refractivity contribution in [2.75, 3.05) is 5.32 Å². The van der Waals surface area contributed by atoms with Crippen molar-refractivity contribution in [3.63, 3.8) is 0 Å². The maximum absolute atomic E-state index is 12.7. The standard InChI is InChI=1S/C7H4F3NS/c8-4-1-2-5(11-3-12)7(10)6(4)9/h1-3H,(H,11,12). The molecule has 0 fully saturated rings. The molecular weight excluding hydrogens is 187 g/mol. The zero-order valence-electron chi connectivity index (χ0n) is 5.77. The summed E-state index contributed by atoms with van der Waals surface area (Å²) in [6, 6.07) is 1.89. The van der Waals surface area contributed by atoms with Gasteiger partial charge in [0, 0.05) is 0 Å². The van der Waals surface area contributed by atoms with Gasteiger partial charge in [0.05, 0.1) is 11.2 Å². The Morgan fingerprint density at radius 1 is 1.17 bits per heavy atom. The molecule has 1 rings (SSSR count). The largest absolute Gasteiger partial charge is 0.350 e. The third kappa shape index (κ3) is 1.55. The van der Waals surface area contributed by atoms with Crippen LogP contribution >= 0.6 is 12.2 Å². The highest BCUT2D eigenvalue weighted by Crippen LogP contribution is 2.18. The molecule has 0 aliphatic rings. The lowest BCUT2D eigenvalue weighted by molar-refractivity contribution is 0.449. The van der Waals surface area contributed by atoms with E-state index in [2.05, 4.69) is 17.5 Å². The van der Waals surface area contributed by atoms with Crippen molar-refractivity contribution in [1.82, 2.24) is 0 Å². The molecule has 0 heterocycles. The van der Waals surface area contributed by atoms with Gasteiger partial charge in [0.25, 0.3) is 0 Å². The number of hydrogen-bond acceptors (Lipinski definition) is 1. The zero-order chi connectivity index (χ0) is 9.14. The molecule has 0 atom stereocenters. The van der Waals surface area contributed by atoms with Crippen LogP contribution in [0.25, 0.3) is 0 Å². The van der Waals surface area contributed by atoms with Gasteiger partial charge < -0.3 is 5.32 Å². The Bertz CT molecular complexity index is 314. The summed E-state index contributed by atoms with van der Waals surface area (Å²) in [5, 5.41) is 2.25. The summed E-state index contributed by atoms with van der Waals surface area (Å²) in [5.74, 6) is -3.99. The lowest BCUT2D eigenvalue weighted by atomic mass is 10.3. The molecule has 0 unspecified atom stereocenters. The maximum Gasteiger partial charge on any atom is 0.196 e. The maximum atomic E-state index is 12.7. The SMILES string of the molecule is Fc1ccc(NC=S)c(F)c1F. The van der Waals surface area contributed by atoms with Gasteiger partial charge in [-0.15, -0.1) is 0 Å². The van der Waals surface area contributed by atoms with Crippen molar-refractivity contribution in [2.45, 2.75) is 0 Å². The lowest BCUT2D eigenvalue weighted by Crippen LogP contribution is -1.99. The van der Waals surface area contributed by atoms with Crippen molar-refractivity contribution in [3.8, 4) is 0 Å². The van der Waals surface area contributed by atoms with Gasteiger partial charge >= 0.3 is 0 Å². The van der Waals surface area contributed by atoms with E-state index < -0.39 is 17.5 Å². The Morgan fingerprint density at radius 2 is 1.83 bits per heavy atom. The molecular formula is C7H4F3NS. The van der Waals surface area contributed by atoms with Gasteiger partial charge in [-0.1, -0.05) is 12.2 Å².